The number of amides is 1. The smallest absolute Gasteiger partial charge is 0.347 e. The summed E-state index contributed by atoms with van der Waals surface area (Å²) in [4.78, 5) is 16.8. The molecule has 0 aliphatic carbocycles. The van der Waals surface area contributed by atoms with Crippen molar-refractivity contribution in [3.05, 3.63) is 82.5 Å². The summed E-state index contributed by atoms with van der Waals surface area (Å²) in [6.45, 7) is -0.429. The van der Waals surface area contributed by atoms with Crippen molar-refractivity contribution in [1.82, 2.24) is 19.2 Å². The summed E-state index contributed by atoms with van der Waals surface area (Å²) in [5, 5.41) is 1.56. The molecule has 2 atom stereocenters. The van der Waals surface area contributed by atoms with Crippen molar-refractivity contribution >= 4 is 27.5 Å². The van der Waals surface area contributed by atoms with Crippen LogP contribution in [0.2, 0.25) is 5.02 Å². The van der Waals surface area contributed by atoms with Gasteiger partial charge in [-0.05, 0) is 23.8 Å². The van der Waals surface area contributed by atoms with E-state index >= 15 is 0 Å². The standard InChI is InChI=1S/C22H19ClF4N4O3S/c1-30-11-19(28-12-30)35(33,34)31-9-15(13-5-2-3-8-17(13)24)18(10-31)29-21(32)14-6-4-7-16(20(14)23)22(25,26)27/h2-8,11-12,15,18H,9-10H2,1H3,(H,29,32)/t15-,18+/m0/s1. The summed E-state index contributed by atoms with van der Waals surface area (Å²) in [6, 6.07) is 7.66. The van der Waals surface area contributed by atoms with Gasteiger partial charge in [0.1, 0.15) is 5.82 Å². The van der Waals surface area contributed by atoms with Gasteiger partial charge in [-0.3, -0.25) is 4.79 Å². The quantitative estimate of drug-likeness (QED) is 0.508. The summed E-state index contributed by atoms with van der Waals surface area (Å²) < 4.78 is 83.1. The van der Waals surface area contributed by atoms with E-state index in [4.69, 9.17) is 11.6 Å². The van der Waals surface area contributed by atoms with Crippen molar-refractivity contribution in [1.29, 1.82) is 0 Å². The first kappa shape index (κ1) is 25.1. The molecular formula is C22H19ClF4N4O3S. The second kappa shape index (κ2) is 9.25. The highest BCUT2D eigenvalue weighted by molar-refractivity contribution is 7.89. The van der Waals surface area contributed by atoms with E-state index in [9.17, 15) is 30.8 Å². The highest BCUT2D eigenvalue weighted by atomic mass is 35.5. The van der Waals surface area contributed by atoms with Crippen molar-refractivity contribution in [3.8, 4) is 0 Å². The minimum atomic E-state index is -4.77. The molecule has 1 aromatic heterocycles. The first-order valence-electron chi connectivity index (χ1n) is 10.3. The summed E-state index contributed by atoms with van der Waals surface area (Å²) in [5.74, 6) is -2.36. The van der Waals surface area contributed by atoms with Gasteiger partial charge >= 0.3 is 6.18 Å². The molecule has 0 unspecified atom stereocenters. The van der Waals surface area contributed by atoms with Gasteiger partial charge in [0.05, 0.1) is 28.5 Å². The second-order valence-corrected chi connectivity index (χ2v) is 10.3. The largest absolute Gasteiger partial charge is 0.417 e. The zero-order valence-electron chi connectivity index (χ0n) is 18.1. The van der Waals surface area contributed by atoms with E-state index in [0.717, 1.165) is 22.5 Å². The van der Waals surface area contributed by atoms with Crippen LogP contribution in [0.5, 0.6) is 0 Å². The van der Waals surface area contributed by atoms with E-state index in [-0.39, 0.29) is 23.7 Å². The number of carbonyl (C=O) groups excluding carboxylic acids is 1. The van der Waals surface area contributed by atoms with Gasteiger partial charge in [-0.25, -0.2) is 17.8 Å². The van der Waals surface area contributed by atoms with E-state index in [1.54, 1.807) is 13.1 Å². The van der Waals surface area contributed by atoms with Gasteiger partial charge in [0.2, 0.25) is 0 Å². The predicted molar refractivity (Wildman–Crippen MR) is 119 cm³/mol. The Morgan fingerprint density at radius 1 is 1.14 bits per heavy atom. The number of nitrogens with one attached hydrogen (secondary N) is 1. The van der Waals surface area contributed by atoms with E-state index in [0.29, 0.717) is 0 Å². The topological polar surface area (TPSA) is 84.3 Å². The number of imidazole rings is 1. The van der Waals surface area contributed by atoms with E-state index in [1.807, 2.05) is 0 Å². The maximum Gasteiger partial charge on any atom is 0.417 e. The molecule has 0 bridgehead atoms. The zero-order valence-corrected chi connectivity index (χ0v) is 19.7. The average Bonchev–Trinajstić information content (AvgIpc) is 3.40. The number of hydrogen-bond donors (Lipinski definition) is 1. The molecule has 2 aromatic carbocycles. The molecule has 1 amide bonds. The van der Waals surface area contributed by atoms with Crippen molar-refractivity contribution in [3.63, 3.8) is 0 Å². The fourth-order valence-corrected chi connectivity index (χ4v) is 5.80. The number of rotatable bonds is 5. The SMILES string of the molecule is Cn1cnc(S(=O)(=O)N2C[C@@H](NC(=O)c3cccc(C(F)(F)F)c3Cl)[C@H](c3ccccc3F)C2)c1. The van der Waals surface area contributed by atoms with Crippen LogP contribution in [0.25, 0.3) is 0 Å². The van der Waals surface area contributed by atoms with Crippen molar-refractivity contribution in [2.45, 2.75) is 23.2 Å². The van der Waals surface area contributed by atoms with Crippen LogP contribution in [-0.2, 0) is 23.2 Å². The summed E-state index contributed by atoms with van der Waals surface area (Å²) in [7, 11) is -2.49. The van der Waals surface area contributed by atoms with Crippen molar-refractivity contribution in [2.75, 3.05) is 13.1 Å². The maximum absolute atomic E-state index is 14.6. The van der Waals surface area contributed by atoms with Gasteiger partial charge < -0.3 is 9.88 Å². The molecule has 13 heteroatoms. The Balaban J connectivity index is 1.68. The van der Waals surface area contributed by atoms with Crippen LogP contribution < -0.4 is 5.32 Å². The fourth-order valence-electron chi connectivity index (χ4n) is 4.03. The molecule has 3 aromatic rings. The van der Waals surface area contributed by atoms with Gasteiger partial charge in [0.25, 0.3) is 15.9 Å². The Labute approximate surface area is 203 Å². The molecule has 1 fully saturated rings. The van der Waals surface area contributed by atoms with Gasteiger partial charge in [0.15, 0.2) is 5.03 Å². The first-order valence-corrected chi connectivity index (χ1v) is 12.1. The van der Waals surface area contributed by atoms with E-state index < -0.39 is 56.0 Å². The Bertz CT molecular complexity index is 1380. The number of hydrogen-bond acceptors (Lipinski definition) is 4. The number of benzene rings is 2. The van der Waals surface area contributed by atoms with Gasteiger partial charge in [0, 0.05) is 32.3 Å². The molecule has 2 heterocycles. The fraction of sp³-hybridized carbons (Fsp3) is 0.273. The molecule has 1 N–H and O–H groups in total. The normalized spacial score (nSPS) is 19.1. The molecule has 0 saturated carbocycles. The Morgan fingerprint density at radius 3 is 2.49 bits per heavy atom. The molecule has 4 rings (SSSR count). The summed E-state index contributed by atoms with van der Waals surface area (Å²) >= 11 is 5.88. The van der Waals surface area contributed by atoms with Crippen LogP contribution >= 0.6 is 11.6 Å². The lowest BCUT2D eigenvalue weighted by Gasteiger charge is -2.21. The lowest BCUT2D eigenvalue weighted by atomic mass is 9.93. The lowest BCUT2D eigenvalue weighted by Crippen LogP contribution is -2.40. The predicted octanol–water partition coefficient (Wildman–Crippen LogP) is 3.82. The highest BCUT2D eigenvalue weighted by Gasteiger charge is 2.43. The lowest BCUT2D eigenvalue weighted by molar-refractivity contribution is -0.137. The van der Waals surface area contributed by atoms with Crippen molar-refractivity contribution in [2.24, 2.45) is 7.05 Å². The number of aryl methyl sites for hydroxylation is 1. The van der Waals surface area contributed by atoms with Crippen LogP contribution in [0.1, 0.15) is 27.4 Å². The molecular weight excluding hydrogens is 512 g/mol. The molecule has 7 nitrogen and oxygen atoms in total. The molecule has 186 valence electrons. The van der Waals surface area contributed by atoms with Gasteiger partial charge in [-0.2, -0.15) is 17.5 Å². The average molecular weight is 531 g/mol. The molecule has 0 radical (unpaired) electrons. The minimum Gasteiger partial charge on any atom is -0.347 e. The number of carbonyl (C=O) groups is 1. The number of sulfonamides is 1. The number of aromatic nitrogens is 2. The highest BCUT2D eigenvalue weighted by Crippen LogP contribution is 2.37. The van der Waals surface area contributed by atoms with Crippen LogP contribution in [-0.4, -0.2) is 47.3 Å². The maximum atomic E-state index is 14.6. The number of nitrogens with zero attached hydrogens (tertiary/aromatic N) is 3. The van der Waals surface area contributed by atoms with Crippen LogP contribution in [0.3, 0.4) is 0 Å². The second-order valence-electron chi connectivity index (χ2n) is 8.07. The summed E-state index contributed by atoms with van der Waals surface area (Å²) in [5.41, 5.74) is -1.45. The van der Waals surface area contributed by atoms with Crippen LogP contribution in [0, 0.1) is 5.82 Å². The van der Waals surface area contributed by atoms with E-state index in [2.05, 4.69) is 10.3 Å². The Hall–Kier alpha value is -2.96. The molecule has 1 aliphatic heterocycles. The molecule has 0 spiro atoms. The van der Waals surface area contributed by atoms with Gasteiger partial charge in [-0.1, -0.05) is 35.9 Å². The van der Waals surface area contributed by atoms with E-state index in [1.165, 1.54) is 35.3 Å². The third kappa shape index (κ3) is 4.91. The first-order chi connectivity index (χ1) is 16.4. The Morgan fingerprint density at radius 2 is 1.86 bits per heavy atom. The van der Waals surface area contributed by atoms with Crippen molar-refractivity contribution < 1.29 is 30.8 Å². The number of halogens is 5. The molecule has 1 saturated heterocycles. The van der Waals surface area contributed by atoms with Crippen LogP contribution in [0.15, 0.2) is 60.0 Å². The third-order valence-corrected chi connectivity index (χ3v) is 7.87. The Kier molecular flexibility index (Phi) is 6.64. The van der Waals surface area contributed by atoms with Crippen LogP contribution in [0.4, 0.5) is 17.6 Å². The third-order valence-electron chi connectivity index (χ3n) is 5.74. The minimum absolute atomic E-state index is 0.159. The van der Waals surface area contributed by atoms with Gasteiger partial charge in [-0.15, -0.1) is 0 Å². The molecule has 35 heavy (non-hydrogen) atoms. The number of alkyl halides is 3. The summed E-state index contributed by atoms with van der Waals surface area (Å²) in [6.07, 6.45) is -2.15. The monoisotopic (exact) mass is 530 g/mol. The molecule has 1 aliphatic rings. The zero-order chi connectivity index (χ0) is 25.5.